The molecular formula is C23H28N4O3S. The maximum Gasteiger partial charge on any atom is 0.230 e. The first-order valence-electron chi connectivity index (χ1n) is 10.3. The fourth-order valence-electron chi connectivity index (χ4n) is 3.17. The molecule has 0 aliphatic carbocycles. The van der Waals surface area contributed by atoms with E-state index in [2.05, 4.69) is 21.3 Å². The lowest BCUT2D eigenvalue weighted by Crippen LogP contribution is -2.56. The number of carbonyl (C=O) groups excluding carboxylic acids is 3. The van der Waals surface area contributed by atoms with Crippen LogP contribution in [0.1, 0.15) is 29.5 Å². The van der Waals surface area contributed by atoms with Crippen LogP contribution in [0.4, 0.5) is 0 Å². The van der Waals surface area contributed by atoms with Gasteiger partial charge in [-0.1, -0.05) is 60.2 Å². The van der Waals surface area contributed by atoms with E-state index in [1.165, 1.54) is 17.3 Å². The molecular weight excluding hydrogens is 412 g/mol. The summed E-state index contributed by atoms with van der Waals surface area (Å²) in [5, 5.41) is 11.8. The van der Waals surface area contributed by atoms with Gasteiger partial charge >= 0.3 is 0 Å². The van der Waals surface area contributed by atoms with Crippen molar-refractivity contribution < 1.29 is 14.4 Å². The van der Waals surface area contributed by atoms with Crippen LogP contribution in [0.3, 0.4) is 0 Å². The van der Waals surface area contributed by atoms with Crippen molar-refractivity contribution in [2.75, 3.05) is 5.75 Å². The van der Waals surface area contributed by atoms with Crippen molar-refractivity contribution >= 4 is 29.5 Å². The van der Waals surface area contributed by atoms with Crippen molar-refractivity contribution in [1.29, 1.82) is 0 Å². The summed E-state index contributed by atoms with van der Waals surface area (Å²) >= 11 is 1.30. The van der Waals surface area contributed by atoms with Crippen LogP contribution in [-0.4, -0.2) is 35.0 Å². The molecule has 2 atom stereocenters. The predicted molar refractivity (Wildman–Crippen MR) is 122 cm³/mol. The SMILES string of the molecule is Cc1ccc(CNC(=O)CSC2NC(=O)CC(CC(=O)NCc3ccccc3)N2)cc1. The Morgan fingerprint density at radius 2 is 1.61 bits per heavy atom. The lowest BCUT2D eigenvalue weighted by Gasteiger charge is -2.30. The maximum atomic E-state index is 12.3. The molecule has 1 heterocycles. The summed E-state index contributed by atoms with van der Waals surface area (Å²) in [5.41, 5.74) is 2.83. The summed E-state index contributed by atoms with van der Waals surface area (Å²) in [6.45, 7) is 2.94. The van der Waals surface area contributed by atoms with Crippen LogP contribution in [-0.2, 0) is 27.5 Å². The van der Waals surface area contributed by atoms with Gasteiger partial charge in [-0.3, -0.25) is 19.7 Å². The largest absolute Gasteiger partial charge is 0.352 e. The normalized spacial score (nSPS) is 18.2. The van der Waals surface area contributed by atoms with Crippen molar-refractivity contribution in [3.05, 3.63) is 71.3 Å². The van der Waals surface area contributed by atoms with E-state index < -0.39 is 5.50 Å². The lowest BCUT2D eigenvalue weighted by molar-refractivity contribution is -0.125. The van der Waals surface area contributed by atoms with E-state index in [0.717, 1.165) is 11.1 Å². The van der Waals surface area contributed by atoms with Gasteiger partial charge in [-0.2, -0.15) is 0 Å². The van der Waals surface area contributed by atoms with E-state index in [4.69, 9.17) is 0 Å². The molecule has 31 heavy (non-hydrogen) atoms. The number of thioether (sulfide) groups is 1. The van der Waals surface area contributed by atoms with Gasteiger partial charge in [0.15, 0.2) is 0 Å². The van der Waals surface area contributed by atoms with Crippen LogP contribution < -0.4 is 21.3 Å². The molecule has 4 N–H and O–H groups in total. The van der Waals surface area contributed by atoms with E-state index in [1.54, 1.807) is 0 Å². The summed E-state index contributed by atoms with van der Waals surface area (Å²) in [5.74, 6) is -0.145. The summed E-state index contributed by atoms with van der Waals surface area (Å²) < 4.78 is 0. The first kappa shape index (κ1) is 22.8. The summed E-state index contributed by atoms with van der Waals surface area (Å²) in [4.78, 5) is 36.4. The molecule has 2 aromatic rings. The smallest absolute Gasteiger partial charge is 0.230 e. The minimum atomic E-state index is -0.404. The first-order valence-corrected chi connectivity index (χ1v) is 11.3. The zero-order valence-corrected chi connectivity index (χ0v) is 18.3. The Labute approximate surface area is 186 Å². The molecule has 0 radical (unpaired) electrons. The quantitative estimate of drug-likeness (QED) is 0.477. The van der Waals surface area contributed by atoms with Gasteiger partial charge in [0.2, 0.25) is 17.7 Å². The monoisotopic (exact) mass is 440 g/mol. The summed E-state index contributed by atoms with van der Waals surface area (Å²) in [6, 6.07) is 17.4. The van der Waals surface area contributed by atoms with Crippen LogP contribution in [0.15, 0.2) is 54.6 Å². The van der Waals surface area contributed by atoms with Gasteiger partial charge < -0.3 is 16.0 Å². The van der Waals surface area contributed by atoms with Crippen LogP contribution in [0.2, 0.25) is 0 Å². The highest BCUT2D eigenvalue weighted by Crippen LogP contribution is 2.14. The minimum absolute atomic E-state index is 0.107. The second-order valence-electron chi connectivity index (χ2n) is 7.56. The molecule has 2 unspecified atom stereocenters. The Kier molecular flexibility index (Phi) is 8.49. The number of hydrogen-bond donors (Lipinski definition) is 4. The highest BCUT2D eigenvalue weighted by Gasteiger charge is 2.28. The minimum Gasteiger partial charge on any atom is -0.352 e. The van der Waals surface area contributed by atoms with Crippen molar-refractivity contribution in [3.63, 3.8) is 0 Å². The number of hydrogen-bond acceptors (Lipinski definition) is 5. The predicted octanol–water partition coefficient (Wildman–Crippen LogP) is 1.81. The first-order chi connectivity index (χ1) is 15.0. The second-order valence-corrected chi connectivity index (χ2v) is 8.65. The Bertz CT molecular complexity index is 889. The zero-order chi connectivity index (χ0) is 22.1. The Balaban J connectivity index is 1.38. The zero-order valence-electron chi connectivity index (χ0n) is 17.5. The topological polar surface area (TPSA) is 99.3 Å². The van der Waals surface area contributed by atoms with E-state index >= 15 is 0 Å². The Morgan fingerprint density at radius 1 is 0.968 bits per heavy atom. The lowest BCUT2D eigenvalue weighted by atomic mass is 10.1. The molecule has 1 saturated heterocycles. The van der Waals surface area contributed by atoms with Gasteiger partial charge in [-0.05, 0) is 18.1 Å². The molecule has 164 valence electrons. The number of carbonyl (C=O) groups is 3. The van der Waals surface area contributed by atoms with Gasteiger partial charge in [-0.25, -0.2) is 0 Å². The van der Waals surface area contributed by atoms with E-state index in [-0.39, 0.29) is 42.4 Å². The fourth-order valence-corrected chi connectivity index (χ4v) is 4.10. The third kappa shape index (κ3) is 8.07. The molecule has 3 amide bonds. The molecule has 0 bridgehead atoms. The maximum absolute atomic E-state index is 12.3. The van der Waals surface area contributed by atoms with Crippen LogP contribution in [0.5, 0.6) is 0 Å². The molecule has 1 aliphatic rings. The number of benzene rings is 2. The van der Waals surface area contributed by atoms with E-state index in [9.17, 15) is 14.4 Å². The summed E-state index contributed by atoms with van der Waals surface area (Å²) in [7, 11) is 0. The standard InChI is InChI=1S/C23H28N4O3S/c1-16-7-9-18(10-8-16)14-25-22(30)15-31-23-26-19(12-21(29)27-23)11-20(28)24-13-17-5-3-2-4-6-17/h2-10,19,23,26H,11-15H2,1H3,(H,24,28)(H,25,30)(H,27,29). The van der Waals surface area contributed by atoms with Crippen molar-refractivity contribution in [3.8, 4) is 0 Å². The number of amides is 3. The average Bonchev–Trinajstić information content (AvgIpc) is 2.76. The van der Waals surface area contributed by atoms with Gasteiger partial charge in [-0.15, -0.1) is 11.8 Å². The van der Waals surface area contributed by atoms with Crippen LogP contribution in [0, 0.1) is 6.92 Å². The Morgan fingerprint density at radius 3 is 2.32 bits per heavy atom. The van der Waals surface area contributed by atoms with Crippen LogP contribution in [0.25, 0.3) is 0 Å². The second kappa shape index (κ2) is 11.5. The van der Waals surface area contributed by atoms with Gasteiger partial charge in [0.1, 0.15) is 5.50 Å². The Hall–Kier alpha value is -2.84. The number of nitrogens with one attached hydrogen (secondary N) is 4. The van der Waals surface area contributed by atoms with Crippen molar-refractivity contribution in [2.24, 2.45) is 0 Å². The van der Waals surface area contributed by atoms with Gasteiger partial charge in [0.05, 0.1) is 5.75 Å². The van der Waals surface area contributed by atoms with Crippen molar-refractivity contribution in [1.82, 2.24) is 21.3 Å². The third-order valence-corrected chi connectivity index (χ3v) is 5.88. The van der Waals surface area contributed by atoms with Crippen LogP contribution >= 0.6 is 11.8 Å². The van der Waals surface area contributed by atoms with E-state index in [0.29, 0.717) is 13.1 Å². The molecule has 0 aromatic heterocycles. The van der Waals surface area contributed by atoms with Gasteiger partial charge in [0.25, 0.3) is 0 Å². The van der Waals surface area contributed by atoms with Gasteiger partial charge in [0, 0.05) is 32.0 Å². The molecule has 0 saturated carbocycles. The average molecular weight is 441 g/mol. The van der Waals surface area contributed by atoms with Crippen molar-refractivity contribution in [2.45, 2.75) is 44.4 Å². The molecule has 3 rings (SSSR count). The fraction of sp³-hybridized carbons (Fsp3) is 0.348. The molecule has 1 fully saturated rings. The molecule has 1 aliphatic heterocycles. The number of rotatable bonds is 9. The summed E-state index contributed by atoms with van der Waals surface area (Å²) in [6.07, 6.45) is 0.437. The highest BCUT2D eigenvalue weighted by atomic mass is 32.2. The molecule has 8 heteroatoms. The number of aryl methyl sites for hydroxylation is 1. The third-order valence-electron chi connectivity index (χ3n) is 4.87. The molecule has 2 aromatic carbocycles. The van der Waals surface area contributed by atoms with E-state index in [1.807, 2.05) is 61.5 Å². The molecule has 0 spiro atoms. The molecule has 7 nitrogen and oxygen atoms in total. The highest BCUT2D eigenvalue weighted by molar-refractivity contribution is 8.00.